The van der Waals surface area contributed by atoms with Gasteiger partial charge in [0, 0.05) is 0 Å². The Morgan fingerprint density at radius 3 is 2.77 bits per heavy atom. The molecule has 0 aliphatic rings. The zero-order chi connectivity index (χ0) is 16.1. The third-order valence-corrected chi connectivity index (χ3v) is 4.05. The van der Waals surface area contributed by atoms with E-state index in [9.17, 15) is 14.9 Å². The summed E-state index contributed by atoms with van der Waals surface area (Å²) in [6.45, 7) is 3.46. The summed E-state index contributed by atoms with van der Waals surface area (Å²) in [6.07, 6.45) is 0. The molecule has 2 rings (SSSR count). The molecule has 1 atom stereocenters. The Labute approximate surface area is 131 Å². The monoisotopic (exact) mass is 320 g/mol. The molecule has 116 valence electrons. The lowest BCUT2D eigenvalue weighted by atomic mass is 10.1. The van der Waals surface area contributed by atoms with Crippen molar-refractivity contribution in [2.75, 3.05) is 5.75 Å². The van der Waals surface area contributed by atoms with Crippen molar-refractivity contribution < 1.29 is 9.72 Å². The van der Waals surface area contributed by atoms with Crippen molar-refractivity contribution in [3.05, 3.63) is 51.7 Å². The molecule has 0 unspecified atom stereocenters. The molecule has 0 spiro atoms. The van der Waals surface area contributed by atoms with Gasteiger partial charge in [0.05, 0.1) is 16.7 Å². The van der Waals surface area contributed by atoms with Crippen molar-refractivity contribution in [2.45, 2.75) is 24.9 Å². The number of hydrogen-bond donors (Lipinski definition) is 2. The van der Waals surface area contributed by atoms with E-state index < -0.39 is 4.92 Å². The maximum absolute atomic E-state index is 11.9. The number of rotatable bonds is 6. The number of nitrogens with zero attached hydrogens (tertiary/aromatic N) is 2. The third-order valence-electron chi connectivity index (χ3n) is 3.08. The minimum absolute atomic E-state index is 0.0717. The Hall–Kier alpha value is -2.35. The number of amides is 1. The van der Waals surface area contributed by atoms with Gasteiger partial charge in [0.1, 0.15) is 5.69 Å². The Morgan fingerprint density at radius 2 is 2.14 bits per heavy atom. The molecule has 1 aromatic heterocycles. The van der Waals surface area contributed by atoms with Gasteiger partial charge < -0.3 is 5.32 Å². The van der Waals surface area contributed by atoms with Gasteiger partial charge in [0.2, 0.25) is 5.91 Å². The number of carbonyl (C=O) groups excluding carboxylic acids is 1. The van der Waals surface area contributed by atoms with Crippen molar-refractivity contribution in [2.24, 2.45) is 0 Å². The van der Waals surface area contributed by atoms with E-state index in [0.29, 0.717) is 5.69 Å². The summed E-state index contributed by atoms with van der Waals surface area (Å²) in [5, 5.41) is 20.5. The number of nitro groups is 1. The SMILES string of the molecule is Cc1[nH]nc(SCC(=O)N[C@@H](C)c2ccccc2)c1[N+](=O)[O-]. The first kappa shape index (κ1) is 16.0. The molecule has 0 aliphatic carbocycles. The average Bonchev–Trinajstić information content (AvgIpc) is 2.87. The zero-order valence-corrected chi connectivity index (χ0v) is 13.0. The van der Waals surface area contributed by atoms with Crippen LogP contribution >= 0.6 is 11.8 Å². The number of carbonyl (C=O) groups is 1. The van der Waals surface area contributed by atoms with Crippen molar-refractivity contribution in [3.63, 3.8) is 0 Å². The van der Waals surface area contributed by atoms with Crippen LogP contribution in [0.25, 0.3) is 0 Å². The molecule has 2 N–H and O–H groups in total. The van der Waals surface area contributed by atoms with Crippen LogP contribution in [-0.4, -0.2) is 26.8 Å². The summed E-state index contributed by atoms with van der Waals surface area (Å²) < 4.78 is 0. The van der Waals surface area contributed by atoms with Gasteiger partial charge in [0.15, 0.2) is 5.03 Å². The minimum atomic E-state index is -0.494. The van der Waals surface area contributed by atoms with E-state index in [4.69, 9.17) is 0 Å². The number of hydrogen-bond acceptors (Lipinski definition) is 5. The smallest absolute Gasteiger partial charge is 0.323 e. The Bertz CT molecular complexity index is 672. The first-order valence-electron chi connectivity index (χ1n) is 6.65. The summed E-state index contributed by atoms with van der Waals surface area (Å²) in [5.41, 5.74) is 1.31. The van der Waals surface area contributed by atoms with Gasteiger partial charge in [0.25, 0.3) is 0 Å². The van der Waals surface area contributed by atoms with Crippen LogP contribution < -0.4 is 5.32 Å². The van der Waals surface area contributed by atoms with Crippen LogP contribution in [-0.2, 0) is 4.79 Å². The van der Waals surface area contributed by atoms with E-state index in [0.717, 1.165) is 17.3 Å². The Balaban J connectivity index is 1.92. The number of H-pyrrole nitrogens is 1. The van der Waals surface area contributed by atoms with E-state index in [2.05, 4.69) is 15.5 Å². The number of benzene rings is 1. The maximum Gasteiger partial charge on any atom is 0.323 e. The van der Waals surface area contributed by atoms with Crippen LogP contribution in [0.3, 0.4) is 0 Å². The van der Waals surface area contributed by atoms with Gasteiger partial charge in [-0.3, -0.25) is 20.0 Å². The summed E-state index contributed by atoms with van der Waals surface area (Å²) in [4.78, 5) is 22.4. The second-order valence-electron chi connectivity index (χ2n) is 4.75. The molecule has 7 nitrogen and oxygen atoms in total. The molecule has 0 saturated carbocycles. The van der Waals surface area contributed by atoms with Crippen LogP contribution in [0.2, 0.25) is 0 Å². The second-order valence-corrected chi connectivity index (χ2v) is 5.71. The van der Waals surface area contributed by atoms with E-state index in [1.165, 1.54) is 0 Å². The summed E-state index contributed by atoms with van der Waals surface area (Å²) in [6, 6.07) is 9.46. The van der Waals surface area contributed by atoms with E-state index in [-0.39, 0.29) is 28.4 Å². The van der Waals surface area contributed by atoms with Crippen molar-refractivity contribution in [3.8, 4) is 0 Å². The summed E-state index contributed by atoms with van der Waals surface area (Å²) in [5.74, 6) is -0.126. The lowest BCUT2D eigenvalue weighted by Gasteiger charge is -2.13. The molecular formula is C14H16N4O3S. The number of aromatic amines is 1. The fourth-order valence-corrected chi connectivity index (χ4v) is 2.78. The molecule has 8 heteroatoms. The van der Waals surface area contributed by atoms with Gasteiger partial charge in [-0.05, 0) is 19.4 Å². The molecule has 0 bridgehead atoms. The van der Waals surface area contributed by atoms with E-state index in [1.807, 2.05) is 37.3 Å². The quantitative estimate of drug-likeness (QED) is 0.484. The van der Waals surface area contributed by atoms with Gasteiger partial charge in [-0.25, -0.2) is 0 Å². The molecule has 0 aliphatic heterocycles. The van der Waals surface area contributed by atoms with Crippen molar-refractivity contribution in [1.29, 1.82) is 0 Å². The van der Waals surface area contributed by atoms with Gasteiger partial charge >= 0.3 is 5.69 Å². The number of thioether (sulfide) groups is 1. The maximum atomic E-state index is 11.9. The topological polar surface area (TPSA) is 101 Å². The molecule has 1 heterocycles. The van der Waals surface area contributed by atoms with Crippen LogP contribution in [0.15, 0.2) is 35.4 Å². The summed E-state index contributed by atoms with van der Waals surface area (Å²) >= 11 is 1.05. The highest BCUT2D eigenvalue weighted by Gasteiger charge is 2.22. The first-order valence-corrected chi connectivity index (χ1v) is 7.64. The molecule has 0 radical (unpaired) electrons. The largest absolute Gasteiger partial charge is 0.349 e. The molecule has 1 aromatic carbocycles. The minimum Gasteiger partial charge on any atom is -0.349 e. The Morgan fingerprint density at radius 1 is 1.45 bits per heavy atom. The third kappa shape index (κ3) is 3.85. The zero-order valence-electron chi connectivity index (χ0n) is 12.2. The fraction of sp³-hybridized carbons (Fsp3) is 0.286. The molecule has 2 aromatic rings. The van der Waals surface area contributed by atoms with Gasteiger partial charge in [-0.1, -0.05) is 42.1 Å². The van der Waals surface area contributed by atoms with Crippen molar-refractivity contribution in [1.82, 2.24) is 15.5 Å². The predicted molar refractivity (Wildman–Crippen MR) is 83.7 cm³/mol. The molecule has 0 saturated heterocycles. The normalized spacial score (nSPS) is 11.9. The highest BCUT2D eigenvalue weighted by atomic mass is 32.2. The van der Waals surface area contributed by atoms with Crippen LogP contribution in [0, 0.1) is 17.0 Å². The first-order chi connectivity index (χ1) is 10.5. The number of aryl methyl sites for hydroxylation is 1. The van der Waals surface area contributed by atoms with Crippen LogP contribution in [0.1, 0.15) is 24.2 Å². The standard InChI is InChI=1S/C14H16N4O3S/c1-9(11-6-4-3-5-7-11)15-12(19)8-22-14-13(18(20)21)10(2)16-17-14/h3-7,9H,8H2,1-2H3,(H,15,19)(H,16,17)/t9-/m0/s1. The number of nitrogens with one attached hydrogen (secondary N) is 2. The molecule has 0 fully saturated rings. The highest BCUT2D eigenvalue weighted by molar-refractivity contribution is 8.00. The highest BCUT2D eigenvalue weighted by Crippen LogP contribution is 2.29. The number of aromatic nitrogens is 2. The molecule has 1 amide bonds. The Kier molecular flexibility index (Phi) is 5.16. The van der Waals surface area contributed by atoms with E-state index >= 15 is 0 Å². The second kappa shape index (κ2) is 7.08. The summed E-state index contributed by atoms with van der Waals surface area (Å²) in [7, 11) is 0. The molecule has 22 heavy (non-hydrogen) atoms. The van der Waals surface area contributed by atoms with Gasteiger partial charge in [-0.2, -0.15) is 5.10 Å². The van der Waals surface area contributed by atoms with Crippen LogP contribution in [0.5, 0.6) is 0 Å². The predicted octanol–water partition coefficient (Wildman–Crippen LogP) is 2.60. The average molecular weight is 320 g/mol. The van der Waals surface area contributed by atoms with Crippen LogP contribution in [0.4, 0.5) is 5.69 Å². The van der Waals surface area contributed by atoms with E-state index in [1.54, 1.807) is 6.92 Å². The lowest BCUT2D eigenvalue weighted by Crippen LogP contribution is -2.28. The fourth-order valence-electron chi connectivity index (χ4n) is 1.96. The molecular weight excluding hydrogens is 304 g/mol. The van der Waals surface area contributed by atoms with Gasteiger partial charge in [-0.15, -0.1) is 0 Å². The lowest BCUT2D eigenvalue weighted by molar-refractivity contribution is -0.388. The van der Waals surface area contributed by atoms with Crippen molar-refractivity contribution >= 4 is 23.4 Å².